The van der Waals surface area contributed by atoms with Gasteiger partial charge in [-0.25, -0.2) is 0 Å². The van der Waals surface area contributed by atoms with Crippen molar-refractivity contribution in [2.24, 2.45) is 5.92 Å². The van der Waals surface area contributed by atoms with E-state index in [1.54, 1.807) is 0 Å². The van der Waals surface area contributed by atoms with Crippen molar-refractivity contribution in [3.8, 4) is 0 Å². The Kier molecular flexibility index (Phi) is 2.85. The molecule has 1 aromatic carbocycles. The van der Waals surface area contributed by atoms with E-state index in [2.05, 4.69) is 24.4 Å². The fourth-order valence-corrected chi connectivity index (χ4v) is 1.96. The Bertz CT molecular complexity index is 286. The summed E-state index contributed by atoms with van der Waals surface area (Å²) in [5, 5.41) is 13.2. The number of nitrogens with one attached hydrogen (secondary N) is 1. The average molecular weight is 191 g/mol. The van der Waals surface area contributed by atoms with Crippen molar-refractivity contribution in [2.45, 2.75) is 25.5 Å². The summed E-state index contributed by atoms with van der Waals surface area (Å²) in [6, 6.07) is 10.7. The first-order valence-electron chi connectivity index (χ1n) is 5.24. The topological polar surface area (TPSA) is 32.3 Å². The molecular weight excluding hydrogens is 174 g/mol. The molecule has 0 aliphatic carbocycles. The fraction of sp³-hybridized carbons (Fsp3) is 0.500. The summed E-state index contributed by atoms with van der Waals surface area (Å²) < 4.78 is 0. The number of piperidine rings is 1. The molecule has 1 heterocycles. The van der Waals surface area contributed by atoms with Crippen LogP contribution in [0, 0.1) is 5.92 Å². The molecule has 2 nitrogen and oxygen atoms in total. The molecule has 0 spiro atoms. The van der Waals surface area contributed by atoms with Crippen LogP contribution < -0.4 is 5.32 Å². The van der Waals surface area contributed by atoms with Crippen LogP contribution >= 0.6 is 0 Å². The maximum atomic E-state index is 9.77. The van der Waals surface area contributed by atoms with Gasteiger partial charge in [-0.05, 0) is 17.9 Å². The lowest BCUT2D eigenvalue weighted by Gasteiger charge is -2.32. The number of benzene rings is 1. The second-order valence-electron chi connectivity index (χ2n) is 4.15. The summed E-state index contributed by atoms with van der Waals surface area (Å²) in [5.41, 5.74) is 1.28. The van der Waals surface area contributed by atoms with E-state index in [4.69, 9.17) is 0 Å². The predicted molar refractivity (Wildman–Crippen MR) is 57.0 cm³/mol. The molecule has 3 unspecified atom stereocenters. The van der Waals surface area contributed by atoms with Gasteiger partial charge in [0.2, 0.25) is 0 Å². The van der Waals surface area contributed by atoms with Crippen LogP contribution in [-0.2, 0) is 0 Å². The maximum absolute atomic E-state index is 9.77. The van der Waals surface area contributed by atoms with Gasteiger partial charge in [0.1, 0.15) is 0 Å². The third kappa shape index (κ3) is 1.97. The second kappa shape index (κ2) is 4.11. The SMILES string of the molecule is CC1CNC(c2ccccc2)CC1O. The molecule has 1 aliphatic rings. The molecule has 0 amide bonds. The highest BCUT2D eigenvalue weighted by Gasteiger charge is 2.25. The normalized spacial score (nSPS) is 32.9. The molecule has 0 aromatic heterocycles. The monoisotopic (exact) mass is 191 g/mol. The molecule has 1 fully saturated rings. The van der Waals surface area contributed by atoms with Gasteiger partial charge in [-0.1, -0.05) is 37.3 Å². The van der Waals surface area contributed by atoms with Gasteiger partial charge in [-0.2, -0.15) is 0 Å². The Labute approximate surface area is 85.0 Å². The van der Waals surface area contributed by atoms with Gasteiger partial charge >= 0.3 is 0 Å². The van der Waals surface area contributed by atoms with Crippen molar-refractivity contribution < 1.29 is 5.11 Å². The molecule has 0 saturated carbocycles. The molecule has 14 heavy (non-hydrogen) atoms. The molecule has 0 bridgehead atoms. The van der Waals surface area contributed by atoms with Crippen LogP contribution in [0.15, 0.2) is 30.3 Å². The third-order valence-electron chi connectivity index (χ3n) is 3.02. The van der Waals surface area contributed by atoms with Crippen LogP contribution in [0.5, 0.6) is 0 Å². The minimum atomic E-state index is -0.165. The Hall–Kier alpha value is -0.860. The standard InChI is InChI=1S/C12H17NO/c1-9-8-13-11(7-12(9)14)10-5-3-2-4-6-10/h2-6,9,11-14H,7-8H2,1H3. The molecule has 76 valence electrons. The van der Waals surface area contributed by atoms with Crippen LogP contribution in [0.3, 0.4) is 0 Å². The highest BCUT2D eigenvalue weighted by molar-refractivity contribution is 5.19. The van der Waals surface area contributed by atoms with E-state index in [9.17, 15) is 5.11 Å². The Morgan fingerprint density at radius 3 is 2.64 bits per heavy atom. The fourth-order valence-electron chi connectivity index (χ4n) is 1.96. The molecule has 3 atom stereocenters. The molecule has 1 saturated heterocycles. The average Bonchev–Trinajstić information content (AvgIpc) is 2.23. The maximum Gasteiger partial charge on any atom is 0.0596 e. The number of aliphatic hydroxyl groups excluding tert-OH is 1. The zero-order valence-corrected chi connectivity index (χ0v) is 8.48. The lowest BCUT2D eigenvalue weighted by molar-refractivity contribution is 0.0689. The van der Waals surface area contributed by atoms with Gasteiger partial charge in [0.25, 0.3) is 0 Å². The molecule has 0 radical (unpaired) electrons. The van der Waals surface area contributed by atoms with Crippen molar-refractivity contribution in [2.75, 3.05) is 6.54 Å². The number of rotatable bonds is 1. The highest BCUT2D eigenvalue weighted by atomic mass is 16.3. The van der Waals surface area contributed by atoms with Crippen LogP contribution in [0.25, 0.3) is 0 Å². The largest absolute Gasteiger partial charge is 0.393 e. The molecular formula is C12H17NO. The van der Waals surface area contributed by atoms with Crippen LogP contribution in [0.1, 0.15) is 24.9 Å². The lowest BCUT2D eigenvalue weighted by atomic mass is 9.89. The lowest BCUT2D eigenvalue weighted by Crippen LogP contribution is -2.40. The predicted octanol–water partition coefficient (Wildman–Crippen LogP) is 1.72. The molecule has 2 heteroatoms. The number of hydrogen-bond acceptors (Lipinski definition) is 2. The Morgan fingerprint density at radius 1 is 1.29 bits per heavy atom. The number of aliphatic hydroxyl groups is 1. The first kappa shape index (κ1) is 9.69. The van der Waals surface area contributed by atoms with Crippen molar-refractivity contribution in [1.29, 1.82) is 0 Å². The molecule has 1 aromatic rings. The first-order valence-corrected chi connectivity index (χ1v) is 5.24. The Balaban J connectivity index is 2.07. The van der Waals surface area contributed by atoms with Crippen molar-refractivity contribution in [1.82, 2.24) is 5.32 Å². The van der Waals surface area contributed by atoms with Crippen molar-refractivity contribution in [3.05, 3.63) is 35.9 Å². The minimum absolute atomic E-state index is 0.165. The zero-order chi connectivity index (χ0) is 9.97. The molecule has 1 aliphatic heterocycles. The second-order valence-corrected chi connectivity index (χ2v) is 4.15. The van der Waals surface area contributed by atoms with Gasteiger partial charge in [0.15, 0.2) is 0 Å². The van der Waals surface area contributed by atoms with Gasteiger partial charge in [-0.3, -0.25) is 0 Å². The van der Waals surface area contributed by atoms with E-state index in [0.717, 1.165) is 13.0 Å². The summed E-state index contributed by atoms with van der Waals surface area (Å²) in [5.74, 6) is 0.370. The van der Waals surface area contributed by atoms with Crippen molar-refractivity contribution in [3.63, 3.8) is 0 Å². The summed E-state index contributed by atoms with van der Waals surface area (Å²) in [6.45, 7) is 2.99. The summed E-state index contributed by atoms with van der Waals surface area (Å²) in [6.07, 6.45) is 0.659. The van der Waals surface area contributed by atoms with Gasteiger partial charge in [-0.15, -0.1) is 0 Å². The smallest absolute Gasteiger partial charge is 0.0596 e. The van der Waals surface area contributed by atoms with E-state index in [-0.39, 0.29) is 6.10 Å². The summed E-state index contributed by atoms with van der Waals surface area (Å²) in [4.78, 5) is 0. The van der Waals surface area contributed by atoms with E-state index in [1.165, 1.54) is 5.56 Å². The number of hydrogen-bond donors (Lipinski definition) is 2. The quantitative estimate of drug-likeness (QED) is 0.708. The van der Waals surface area contributed by atoms with Crippen LogP contribution in [0.2, 0.25) is 0 Å². The molecule has 2 N–H and O–H groups in total. The van der Waals surface area contributed by atoms with Gasteiger partial charge < -0.3 is 10.4 Å². The van der Waals surface area contributed by atoms with Crippen LogP contribution in [-0.4, -0.2) is 17.8 Å². The molecule has 2 rings (SSSR count). The van der Waals surface area contributed by atoms with Crippen LogP contribution in [0.4, 0.5) is 0 Å². The van der Waals surface area contributed by atoms with Gasteiger partial charge in [0.05, 0.1) is 6.10 Å². The highest BCUT2D eigenvalue weighted by Crippen LogP contribution is 2.25. The Morgan fingerprint density at radius 2 is 2.00 bits per heavy atom. The summed E-state index contributed by atoms with van der Waals surface area (Å²) in [7, 11) is 0. The first-order chi connectivity index (χ1) is 6.77. The zero-order valence-electron chi connectivity index (χ0n) is 8.48. The summed E-state index contributed by atoms with van der Waals surface area (Å²) >= 11 is 0. The van der Waals surface area contributed by atoms with E-state index < -0.39 is 0 Å². The van der Waals surface area contributed by atoms with E-state index in [0.29, 0.717) is 12.0 Å². The van der Waals surface area contributed by atoms with Crippen molar-refractivity contribution >= 4 is 0 Å². The third-order valence-corrected chi connectivity index (χ3v) is 3.02. The minimum Gasteiger partial charge on any atom is -0.393 e. The van der Waals surface area contributed by atoms with E-state index >= 15 is 0 Å². The van der Waals surface area contributed by atoms with E-state index in [1.807, 2.05) is 18.2 Å². The van der Waals surface area contributed by atoms with Gasteiger partial charge in [0, 0.05) is 12.6 Å².